The molecule has 1 unspecified atom stereocenters. The number of rotatable bonds is 7. The smallest absolute Gasteiger partial charge is 0.329 e. The van der Waals surface area contributed by atoms with Crippen LogP contribution in [-0.4, -0.2) is 31.7 Å². The Morgan fingerprint density at radius 3 is 2.50 bits per heavy atom. The first-order valence-electron chi connectivity index (χ1n) is 4.74. The Labute approximate surface area is 87.0 Å². The highest BCUT2D eigenvalue weighted by atomic mass is 28.4. The number of aliphatic hydroxyl groups excluding tert-OH is 1. The lowest BCUT2D eigenvalue weighted by molar-refractivity contribution is 0.253. The van der Waals surface area contributed by atoms with Crippen molar-refractivity contribution in [1.82, 2.24) is 0 Å². The van der Waals surface area contributed by atoms with Crippen LogP contribution in [0.2, 0.25) is 13.1 Å². The van der Waals surface area contributed by atoms with Gasteiger partial charge < -0.3 is 14.3 Å². The summed E-state index contributed by atoms with van der Waals surface area (Å²) < 4.78 is 5.20. The molecule has 0 aromatic rings. The molecule has 2 N–H and O–H groups in total. The van der Waals surface area contributed by atoms with Crippen LogP contribution in [0.3, 0.4) is 0 Å². The molecule has 1 atom stereocenters. The third kappa shape index (κ3) is 8.19. The molecular weight excluding hydrogens is 196 g/mol. The van der Waals surface area contributed by atoms with Crippen molar-refractivity contribution in [3.05, 3.63) is 24.8 Å². The van der Waals surface area contributed by atoms with Crippen LogP contribution in [0.15, 0.2) is 24.8 Å². The van der Waals surface area contributed by atoms with Crippen LogP contribution in [0, 0.1) is 5.92 Å². The lowest BCUT2D eigenvalue weighted by Crippen LogP contribution is -2.29. The summed E-state index contributed by atoms with van der Waals surface area (Å²) >= 11 is 0. The highest BCUT2D eigenvalue weighted by Crippen LogP contribution is 2.04. The van der Waals surface area contributed by atoms with Gasteiger partial charge >= 0.3 is 8.56 Å². The van der Waals surface area contributed by atoms with Gasteiger partial charge in [-0.1, -0.05) is 18.2 Å². The van der Waals surface area contributed by atoms with E-state index in [0.717, 1.165) is 6.42 Å². The van der Waals surface area contributed by atoms with Gasteiger partial charge in [0, 0.05) is 12.5 Å². The molecule has 0 aliphatic carbocycles. The van der Waals surface area contributed by atoms with Crippen molar-refractivity contribution < 1.29 is 14.3 Å². The summed E-state index contributed by atoms with van der Waals surface area (Å²) in [5.41, 5.74) is 0. The molecular formula is C10H20O3Si. The molecule has 0 fully saturated rings. The first-order chi connectivity index (χ1) is 6.49. The van der Waals surface area contributed by atoms with Crippen molar-refractivity contribution in [2.45, 2.75) is 19.5 Å². The van der Waals surface area contributed by atoms with Gasteiger partial charge in [0.25, 0.3) is 0 Å². The molecule has 0 rings (SSSR count). The van der Waals surface area contributed by atoms with E-state index in [1.807, 2.05) is 12.2 Å². The number of aliphatic hydroxyl groups is 1. The molecule has 0 aliphatic heterocycles. The fourth-order valence-electron chi connectivity index (χ4n) is 0.836. The lowest BCUT2D eigenvalue weighted by atomic mass is 10.1. The van der Waals surface area contributed by atoms with Gasteiger partial charge in [-0.3, -0.25) is 0 Å². The topological polar surface area (TPSA) is 49.7 Å². The van der Waals surface area contributed by atoms with Gasteiger partial charge in [-0.15, -0.1) is 6.58 Å². The van der Waals surface area contributed by atoms with E-state index in [9.17, 15) is 4.80 Å². The van der Waals surface area contributed by atoms with Crippen molar-refractivity contribution in [1.29, 1.82) is 0 Å². The van der Waals surface area contributed by atoms with E-state index < -0.39 is 8.56 Å². The lowest BCUT2D eigenvalue weighted by Gasteiger charge is -2.12. The first-order valence-corrected chi connectivity index (χ1v) is 7.60. The van der Waals surface area contributed by atoms with E-state index >= 15 is 0 Å². The summed E-state index contributed by atoms with van der Waals surface area (Å²) in [7, 11) is -2.37. The summed E-state index contributed by atoms with van der Waals surface area (Å²) in [5.74, 6) is 0.116. The molecule has 0 aromatic heterocycles. The van der Waals surface area contributed by atoms with E-state index in [2.05, 4.69) is 6.58 Å². The monoisotopic (exact) mass is 216 g/mol. The second kappa shape index (κ2) is 6.95. The summed E-state index contributed by atoms with van der Waals surface area (Å²) in [6, 6.07) is 0. The van der Waals surface area contributed by atoms with Gasteiger partial charge in [0.2, 0.25) is 0 Å². The van der Waals surface area contributed by atoms with Crippen LogP contribution in [0.5, 0.6) is 0 Å². The van der Waals surface area contributed by atoms with Crippen LogP contribution in [-0.2, 0) is 4.43 Å². The van der Waals surface area contributed by atoms with Crippen LogP contribution >= 0.6 is 0 Å². The highest BCUT2D eigenvalue weighted by Gasteiger charge is 2.16. The fraction of sp³-hybridized carbons (Fsp3) is 0.600. The quantitative estimate of drug-likeness (QED) is 0.500. The van der Waals surface area contributed by atoms with Crippen molar-refractivity contribution in [2.24, 2.45) is 5.92 Å². The third-order valence-corrected chi connectivity index (χ3v) is 2.58. The van der Waals surface area contributed by atoms with Crippen molar-refractivity contribution in [2.75, 3.05) is 13.2 Å². The molecule has 0 amide bonds. The Morgan fingerprint density at radius 1 is 1.43 bits per heavy atom. The van der Waals surface area contributed by atoms with Crippen LogP contribution in [0.1, 0.15) is 6.42 Å². The normalized spacial score (nSPS) is 14.6. The zero-order valence-electron chi connectivity index (χ0n) is 8.94. The Hall–Kier alpha value is -0.423. The zero-order valence-corrected chi connectivity index (χ0v) is 9.94. The maximum Gasteiger partial charge on any atom is 0.329 e. The summed E-state index contributed by atoms with van der Waals surface area (Å²) in [4.78, 5) is 9.35. The van der Waals surface area contributed by atoms with Gasteiger partial charge in [-0.25, -0.2) is 0 Å². The van der Waals surface area contributed by atoms with Gasteiger partial charge in [0.05, 0.1) is 6.61 Å². The average molecular weight is 216 g/mol. The highest BCUT2D eigenvalue weighted by molar-refractivity contribution is 6.63. The summed E-state index contributed by atoms with van der Waals surface area (Å²) in [6.45, 7) is 7.61. The Balaban J connectivity index is 3.59. The molecule has 14 heavy (non-hydrogen) atoms. The van der Waals surface area contributed by atoms with Gasteiger partial charge in [-0.2, -0.15) is 0 Å². The minimum absolute atomic E-state index is 0.116. The van der Waals surface area contributed by atoms with Crippen LogP contribution in [0.25, 0.3) is 0 Å². The van der Waals surface area contributed by atoms with E-state index in [1.54, 1.807) is 19.2 Å². The second-order valence-electron chi connectivity index (χ2n) is 3.64. The molecule has 82 valence electrons. The average Bonchev–Trinajstić information content (AvgIpc) is 2.09. The third-order valence-electron chi connectivity index (χ3n) is 1.71. The molecule has 0 bridgehead atoms. The van der Waals surface area contributed by atoms with E-state index in [1.165, 1.54) is 0 Å². The second-order valence-corrected chi connectivity index (χ2v) is 6.83. The molecule has 0 aliphatic rings. The van der Waals surface area contributed by atoms with E-state index in [-0.39, 0.29) is 12.5 Å². The van der Waals surface area contributed by atoms with Gasteiger partial charge in [-0.05, 0) is 19.5 Å². The molecule has 0 aromatic carbocycles. The van der Waals surface area contributed by atoms with Crippen molar-refractivity contribution >= 4 is 8.56 Å². The fourth-order valence-corrected chi connectivity index (χ4v) is 1.34. The van der Waals surface area contributed by atoms with Crippen molar-refractivity contribution in [3.8, 4) is 0 Å². The maximum absolute atomic E-state index is 9.35. The summed E-state index contributed by atoms with van der Waals surface area (Å²) in [6.07, 6.45) is 6.28. The Kier molecular flexibility index (Phi) is 6.74. The van der Waals surface area contributed by atoms with Crippen LogP contribution in [0.4, 0.5) is 0 Å². The Morgan fingerprint density at radius 2 is 2.07 bits per heavy atom. The minimum atomic E-state index is -2.37. The molecule has 0 saturated carbocycles. The zero-order chi connectivity index (χ0) is 11.0. The maximum atomic E-state index is 9.35. The summed E-state index contributed by atoms with van der Waals surface area (Å²) in [5, 5.41) is 8.84. The number of hydrogen-bond donors (Lipinski definition) is 2. The van der Waals surface area contributed by atoms with Gasteiger partial charge in [0.1, 0.15) is 0 Å². The SMILES string of the molecule is C=CC(CO)C/C=C/CO[Si](C)(C)O. The molecule has 0 heterocycles. The predicted octanol–water partition coefficient (Wildman–Crippen LogP) is 1.44. The molecule has 4 heteroatoms. The van der Waals surface area contributed by atoms with E-state index in [0.29, 0.717) is 6.61 Å². The molecule has 0 radical (unpaired) electrons. The molecule has 0 spiro atoms. The van der Waals surface area contributed by atoms with Crippen LogP contribution < -0.4 is 0 Å². The minimum Gasteiger partial charge on any atom is -0.411 e. The predicted molar refractivity (Wildman–Crippen MR) is 60.2 cm³/mol. The van der Waals surface area contributed by atoms with Crippen molar-refractivity contribution in [3.63, 3.8) is 0 Å². The standard InChI is InChI=1S/C10H20O3Si/c1-4-10(9-11)7-5-6-8-13-14(2,3)12/h4-6,10-12H,1,7-9H2,2-3H3/b6-5+. The first kappa shape index (κ1) is 13.6. The molecule has 3 nitrogen and oxygen atoms in total. The van der Waals surface area contributed by atoms with E-state index in [4.69, 9.17) is 9.53 Å². The number of hydrogen-bond acceptors (Lipinski definition) is 3. The molecule has 0 saturated heterocycles. The largest absolute Gasteiger partial charge is 0.411 e. The Bertz CT molecular complexity index is 184. The number of allylic oxidation sites excluding steroid dienone is 1. The van der Waals surface area contributed by atoms with Gasteiger partial charge in [0.15, 0.2) is 0 Å².